The number of ether oxygens (including phenoxy) is 1. The van der Waals surface area contributed by atoms with Crippen LogP contribution in [0.5, 0.6) is 5.75 Å². The van der Waals surface area contributed by atoms with Gasteiger partial charge in [-0.2, -0.15) is 0 Å². The number of halogens is 4. The first-order chi connectivity index (χ1) is 17.2. The number of hydrogen-bond donors (Lipinski definition) is 2. The van der Waals surface area contributed by atoms with Crippen LogP contribution >= 0.6 is 0 Å². The van der Waals surface area contributed by atoms with Gasteiger partial charge in [-0.1, -0.05) is 24.3 Å². The maximum atomic E-state index is 14.0. The highest BCUT2D eigenvalue weighted by Crippen LogP contribution is 2.37. The first kappa shape index (κ1) is 24.6. The van der Waals surface area contributed by atoms with Gasteiger partial charge in [0, 0.05) is 29.6 Å². The van der Waals surface area contributed by atoms with Crippen LogP contribution in [0.2, 0.25) is 0 Å². The van der Waals surface area contributed by atoms with E-state index in [0.717, 1.165) is 30.3 Å². The van der Waals surface area contributed by atoms with Crippen molar-refractivity contribution in [3.63, 3.8) is 0 Å². The summed E-state index contributed by atoms with van der Waals surface area (Å²) in [5.41, 5.74) is 0.519. The number of nitrogens with one attached hydrogen (secondary N) is 1. The van der Waals surface area contributed by atoms with E-state index in [1.165, 1.54) is 19.4 Å². The summed E-state index contributed by atoms with van der Waals surface area (Å²) in [5.74, 6) is -7.01. The molecule has 0 saturated carbocycles. The molecule has 0 aliphatic heterocycles. The average molecular weight is 498 g/mol. The molecule has 10 heteroatoms. The van der Waals surface area contributed by atoms with Gasteiger partial charge >= 0.3 is 5.97 Å². The lowest BCUT2D eigenvalue weighted by Crippen LogP contribution is -2.43. The largest absolute Gasteiger partial charge is 0.496 e. The predicted molar refractivity (Wildman–Crippen MR) is 123 cm³/mol. The molecular weight excluding hydrogens is 480 g/mol. The molecule has 2 N–H and O–H groups in total. The Hall–Kier alpha value is -4.47. The molecule has 0 saturated heterocycles. The maximum absolute atomic E-state index is 14.0. The molecule has 1 aromatic heterocycles. The Bertz CT molecular complexity index is 1470. The lowest BCUT2D eigenvalue weighted by Gasteiger charge is -2.18. The Morgan fingerprint density at radius 1 is 0.944 bits per heavy atom. The number of carboxylic acid groups (broad SMARTS) is 1. The van der Waals surface area contributed by atoms with Gasteiger partial charge in [-0.3, -0.25) is 9.78 Å². The number of amides is 1. The SMILES string of the molecule is COc1cc(F)c(F)cc1-c1ccc(CC(NC(=O)c2c(F)cccc2F)C(=O)O)c2ncccc12. The molecule has 36 heavy (non-hydrogen) atoms. The minimum atomic E-state index is -1.55. The number of carbonyl (C=O) groups excluding carboxylic acids is 1. The Morgan fingerprint density at radius 2 is 1.64 bits per heavy atom. The number of hydrogen-bond acceptors (Lipinski definition) is 4. The van der Waals surface area contributed by atoms with Crippen LogP contribution in [0.25, 0.3) is 22.0 Å². The van der Waals surface area contributed by atoms with Crippen LogP contribution in [0, 0.1) is 23.3 Å². The van der Waals surface area contributed by atoms with E-state index in [4.69, 9.17) is 4.74 Å². The smallest absolute Gasteiger partial charge is 0.326 e. The normalized spacial score (nSPS) is 11.8. The summed E-state index contributed by atoms with van der Waals surface area (Å²) >= 11 is 0. The number of rotatable bonds is 7. The van der Waals surface area contributed by atoms with E-state index in [9.17, 15) is 32.3 Å². The molecule has 0 aliphatic rings. The first-order valence-corrected chi connectivity index (χ1v) is 10.6. The van der Waals surface area contributed by atoms with Gasteiger partial charge in [-0.05, 0) is 35.4 Å². The number of aromatic nitrogens is 1. The van der Waals surface area contributed by atoms with Crippen molar-refractivity contribution in [3.05, 3.63) is 95.2 Å². The highest BCUT2D eigenvalue weighted by Gasteiger charge is 2.26. The van der Waals surface area contributed by atoms with Crippen molar-refractivity contribution in [2.24, 2.45) is 0 Å². The van der Waals surface area contributed by atoms with Crippen molar-refractivity contribution in [3.8, 4) is 16.9 Å². The zero-order valence-corrected chi connectivity index (χ0v) is 18.7. The number of fused-ring (bicyclic) bond motifs is 1. The zero-order chi connectivity index (χ0) is 26.0. The van der Waals surface area contributed by atoms with Gasteiger partial charge in [0.2, 0.25) is 0 Å². The van der Waals surface area contributed by atoms with Crippen molar-refractivity contribution >= 4 is 22.8 Å². The summed E-state index contributed by atoms with van der Waals surface area (Å²) < 4.78 is 60.9. The number of methoxy groups -OCH3 is 1. The molecule has 4 rings (SSSR count). The molecule has 0 radical (unpaired) electrons. The minimum absolute atomic E-state index is 0.0781. The second-order valence-electron chi connectivity index (χ2n) is 7.80. The highest BCUT2D eigenvalue weighted by atomic mass is 19.2. The highest BCUT2D eigenvalue weighted by molar-refractivity contribution is 5.99. The Labute approximate surface area is 202 Å². The van der Waals surface area contributed by atoms with Crippen molar-refractivity contribution in [1.29, 1.82) is 0 Å². The predicted octanol–water partition coefficient (Wildman–Crippen LogP) is 4.89. The van der Waals surface area contributed by atoms with E-state index in [-0.39, 0.29) is 17.7 Å². The van der Waals surface area contributed by atoms with Crippen LogP contribution in [0.4, 0.5) is 17.6 Å². The molecule has 0 spiro atoms. The van der Waals surface area contributed by atoms with Crippen molar-refractivity contribution in [2.75, 3.05) is 7.11 Å². The summed E-state index contributed by atoms with van der Waals surface area (Å²) in [6.07, 6.45) is 1.18. The fourth-order valence-corrected chi connectivity index (χ4v) is 3.90. The number of carboxylic acids is 1. The maximum Gasteiger partial charge on any atom is 0.326 e. The van der Waals surface area contributed by atoms with Gasteiger partial charge in [-0.25, -0.2) is 22.4 Å². The third-order valence-corrected chi connectivity index (χ3v) is 5.60. The standard InChI is InChI=1S/C26H18F4N2O4/c1-36-22-12-20(30)19(29)11-16(22)14-8-7-13(24-15(14)4-3-9-31-24)10-21(26(34)35)32-25(33)23-17(27)5-2-6-18(23)28/h2-9,11-12,21H,10H2,1H3,(H,32,33)(H,34,35). The van der Waals surface area contributed by atoms with E-state index in [1.807, 2.05) is 0 Å². The number of nitrogens with zero attached hydrogens (tertiary/aromatic N) is 1. The van der Waals surface area contributed by atoms with E-state index in [1.54, 1.807) is 18.2 Å². The van der Waals surface area contributed by atoms with Crippen LogP contribution in [0.3, 0.4) is 0 Å². The van der Waals surface area contributed by atoms with Gasteiger partial charge in [0.1, 0.15) is 29.0 Å². The molecule has 184 valence electrons. The van der Waals surface area contributed by atoms with Crippen LogP contribution in [-0.4, -0.2) is 35.1 Å². The van der Waals surface area contributed by atoms with Gasteiger partial charge in [0.15, 0.2) is 11.6 Å². The second-order valence-corrected chi connectivity index (χ2v) is 7.80. The lowest BCUT2D eigenvalue weighted by atomic mass is 9.94. The monoisotopic (exact) mass is 498 g/mol. The summed E-state index contributed by atoms with van der Waals surface area (Å²) in [6, 6.07) is 9.56. The van der Waals surface area contributed by atoms with Crippen molar-refractivity contribution in [2.45, 2.75) is 12.5 Å². The molecule has 1 heterocycles. The Balaban J connectivity index is 1.74. The summed E-state index contributed by atoms with van der Waals surface area (Å²) in [6.45, 7) is 0. The van der Waals surface area contributed by atoms with Crippen molar-refractivity contribution in [1.82, 2.24) is 10.3 Å². The summed E-state index contributed by atoms with van der Waals surface area (Å²) in [4.78, 5) is 28.7. The minimum Gasteiger partial charge on any atom is -0.496 e. The second kappa shape index (κ2) is 10.0. The molecule has 0 aliphatic carbocycles. The molecule has 4 aromatic rings. The third kappa shape index (κ3) is 4.70. The van der Waals surface area contributed by atoms with Gasteiger partial charge in [0.25, 0.3) is 5.91 Å². The Morgan fingerprint density at radius 3 is 2.31 bits per heavy atom. The van der Waals surface area contributed by atoms with Crippen LogP contribution in [-0.2, 0) is 11.2 Å². The third-order valence-electron chi connectivity index (χ3n) is 5.60. The molecule has 3 aromatic carbocycles. The molecule has 1 unspecified atom stereocenters. The number of carbonyl (C=O) groups is 2. The molecule has 6 nitrogen and oxygen atoms in total. The average Bonchev–Trinajstić information content (AvgIpc) is 2.85. The topological polar surface area (TPSA) is 88.5 Å². The fourth-order valence-electron chi connectivity index (χ4n) is 3.90. The molecular formula is C26H18F4N2O4. The molecule has 1 atom stereocenters. The number of benzene rings is 3. The van der Waals surface area contributed by atoms with E-state index in [0.29, 0.717) is 22.0 Å². The van der Waals surface area contributed by atoms with Crippen molar-refractivity contribution < 1.29 is 37.0 Å². The zero-order valence-electron chi connectivity index (χ0n) is 18.7. The molecule has 1 amide bonds. The van der Waals surface area contributed by atoms with Crippen LogP contribution in [0.1, 0.15) is 15.9 Å². The van der Waals surface area contributed by atoms with Gasteiger partial charge < -0.3 is 15.2 Å². The van der Waals surface area contributed by atoms with E-state index >= 15 is 0 Å². The quantitative estimate of drug-likeness (QED) is 0.354. The summed E-state index contributed by atoms with van der Waals surface area (Å²) in [5, 5.41) is 12.3. The summed E-state index contributed by atoms with van der Waals surface area (Å²) in [7, 11) is 1.31. The van der Waals surface area contributed by atoms with E-state index < -0.39 is 46.8 Å². The van der Waals surface area contributed by atoms with Gasteiger partial charge in [-0.15, -0.1) is 0 Å². The van der Waals surface area contributed by atoms with Gasteiger partial charge in [0.05, 0.1) is 12.6 Å². The van der Waals surface area contributed by atoms with Crippen LogP contribution in [0.15, 0.2) is 60.8 Å². The molecule has 0 fully saturated rings. The lowest BCUT2D eigenvalue weighted by molar-refractivity contribution is -0.139. The van der Waals surface area contributed by atoms with E-state index in [2.05, 4.69) is 10.3 Å². The Kier molecular flexibility index (Phi) is 6.86. The number of pyridine rings is 1. The first-order valence-electron chi connectivity index (χ1n) is 10.6. The fraction of sp³-hybridized carbons (Fsp3) is 0.115. The molecule has 0 bridgehead atoms. The van der Waals surface area contributed by atoms with Crippen LogP contribution < -0.4 is 10.1 Å². The number of aliphatic carboxylic acids is 1.